The monoisotopic (exact) mass is 273 g/mol. The van der Waals surface area contributed by atoms with Crippen molar-refractivity contribution in [2.45, 2.75) is 38.9 Å². The van der Waals surface area contributed by atoms with Crippen molar-refractivity contribution in [2.75, 3.05) is 0 Å². The number of nitrogens with zero attached hydrogens (tertiary/aromatic N) is 1. The van der Waals surface area contributed by atoms with Crippen LogP contribution in [0.5, 0.6) is 0 Å². The van der Waals surface area contributed by atoms with Crippen molar-refractivity contribution in [2.24, 2.45) is 0 Å². The Morgan fingerprint density at radius 2 is 1.80 bits per heavy atom. The van der Waals surface area contributed by atoms with Gasteiger partial charge >= 0.3 is 7.12 Å². The summed E-state index contributed by atoms with van der Waals surface area (Å²) in [6.07, 6.45) is 3.48. The summed E-state index contributed by atoms with van der Waals surface area (Å²) in [4.78, 5) is 4.05. The van der Waals surface area contributed by atoms with Crippen molar-refractivity contribution in [3.05, 3.63) is 36.7 Å². The number of aliphatic hydroxyl groups is 1. The van der Waals surface area contributed by atoms with E-state index in [1.54, 1.807) is 46.2 Å². The van der Waals surface area contributed by atoms with Gasteiger partial charge in [-0.2, -0.15) is 0 Å². The van der Waals surface area contributed by atoms with E-state index in [0.29, 0.717) is 5.46 Å². The SMILES string of the molecule is CC(C)(O)C(C)(C)OB(O)c1ccc2cnccc2c1. The largest absolute Gasteiger partial charge is 0.491 e. The Morgan fingerprint density at radius 1 is 1.10 bits per heavy atom. The second-order valence-electron chi connectivity index (χ2n) is 6.02. The lowest BCUT2D eigenvalue weighted by atomic mass is 9.76. The van der Waals surface area contributed by atoms with Gasteiger partial charge in [0.2, 0.25) is 0 Å². The number of hydrogen-bond donors (Lipinski definition) is 2. The molecule has 5 heteroatoms. The zero-order chi connectivity index (χ0) is 15.0. The Bertz CT molecular complexity index is 607. The number of fused-ring (bicyclic) bond motifs is 1. The fourth-order valence-corrected chi connectivity index (χ4v) is 1.75. The summed E-state index contributed by atoms with van der Waals surface area (Å²) in [6.45, 7) is 6.82. The predicted octanol–water partition coefficient (Wildman–Crippen LogP) is 1.49. The summed E-state index contributed by atoms with van der Waals surface area (Å²) in [6, 6.07) is 7.44. The van der Waals surface area contributed by atoms with Crippen LogP contribution in [-0.2, 0) is 4.65 Å². The highest BCUT2D eigenvalue weighted by molar-refractivity contribution is 6.60. The predicted molar refractivity (Wildman–Crippen MR) is 80.8 cm³/mol. The number of rotatable bonds is 4. The van der Waals surface area contributed by atoms with Gasteiger partial charge in [0.05, 0.1) is 11.2 Å². The van der Waals surface area contributed by atoms with Gasteiger partial charge in [0, 0.05) is 12.4 Å². The van der Waals surface area contributed by atoms with E-state index >= 15 is 0 Å². The highest BCUT2D eigenvalue weighted by Crippen LogP contribution is 2.25. The van der Waals surface area contributed by atoms with Crippen LogP contribution in [0.15, 0.2) is 36.7 Å². The Hall–Kier alpha value is -1.43. The van der Waals surface area contributed by atoms with Gasteiger partial charge in [-0.05, 0) is 50.0 Å². The number of hydrogen-bond acceptors (Lipinski definition) is 4. The van der Waals surface area contributed by atoms with Crippen LogP contribution in [-0.4, -0.2) is 33.4 Å². The van der Waals surface area contributed by atoms with Crippen LogP contribution in [0.2, 0.25) is 0 Å². The van der Waals surface area contributed by atoms with Gasteiger partial charge in [-0.3, -0.25) is 4.98 Å². The van der Waals surface area contributed by atoms with Gasteiger partial charge in [-0.1, -0.05) is 18.2 Å². The minimum Gasteiger partial charge on any atom is -0.423 e. The Labute approximate surface area is 119 Å². The molecule has 1 aromatic heterocycles. The van der Waals surface area contributed by atoms with Crippen molar-refractivity contribution in [1.29, 1.82) is 0 Å². The van der Waals surface area contributed by atoms with E-state index in [0.717, 1.165) is 10.8 Å². The fourth-order valence-electron chi connectivity index (χ4n) is 1.75. The summed E-state index contributed by atoms with van der Waals surface area (Å²) >= 11 is 0. The number of pyridine rings is 1. The first kappa shape index (κ1) is 15.0. The van der Waals surface area contributed by atoms with E-state index in [1.807, 2.05) is 18.2 Å². The third-order valence-corrected chi connectivity index (χ3v) is 3.83. The molecule has 4 nitrogen and oxygen atoms in total. The van der Waals surface area contributed by atoms with E-state index in [1.165, 1.54) is 0 Å². The molecule has 2 N–H and O–H groups in total. The van der Waals surface area contributed by atoms with E-state index < -0.39 is 18.3 Å². The molecule has 1 aromatic carbocycles. The normalized spacial score (nSPS) is 12.7. The molecule has 20 heavy (non-hydrogen) atoms. The molecule has 0 saturated carbocycles. The van der Waals surface area contributed by atoms with Crippen molar-refractivity contribution in [3.8, 4) is 0 Å². The topological polar surface area (TPSA) is 62.6 Å². The quantitative estimate of drug-likeness (QED) is 0.828. The first-order chi connectivity index (χ1) is 9.21. The van der Waals surface area contributed by atoms with E-state index in [2.05, 4.69) is 4.98 Å². The summed E-state index contributed by atoms with van der Waals surface area (Å²) < 4.78 is 5.63. The maximum atomic E-state index is 10.2. The lowest BCUT2D eigenvalue weighted by Gasteiger charge is -2.38. The third kappa shape index (κ3) is 3.01. The first-order valence-corrected chi connectivity index (χ1v) is 6.63. The van der Waals surface area contributed by atoms with Gasteiger partial charge in [-0.15, -0.1) is 0 Å². The third-order valence-electron chi connectivity index (χ3n) is 3.83. The van der Waals surface area contributed by atoms with Crippen molar-refractivity contribution >= 4 is 23.4 Å². The van der Waals surface area contributed by atoms with E-state index in [-0.39, 0.29) is 0 Å². The average molecular weight is 273 g/mol. The molecular weight excluding hydrogens is 253 g/mol. The molecule has 0 saturated heterocycles. The molecule has 0 aliphatic carbocycles. The molecule has 1 heterocycles. The van der Waals surface area contributed by atoms with Crippen LogP contribution >= 0.6 is 0 Å². The van der Waals surface area contributed by atoms with Crippen molar-refractivity contribution in [1.82, 2.24) is 4.98 Å². The Morgan fingerprint density at radius 3 is 2.45 bits per heavy atom. The molecule has 2 rings (SSSR count). The maximum absolute atomic E-state index is 10.2. The fraction of sp³-hybridized carbons (Fsp3) is 0.400. The Kier molecular flexibility index (Phi) is 3.87. The van der Waals surface area contributed by atoms with E-state index in [9.17, 15) is 10.1 Å². The molecule has 0 bridgehead atoms. The number of aromatic nitrogens is 1. The zero-order valence-corrected chi connectivity index (χ0v) is 12.3. The average Bonchev–Trinajstić information content (AvgIpc) is 2.36. The molecular formula is C15H20BNO3. The molecule has 0 atom stereocenters. The maximum Gasteiger partial charge on any atom is 0.491 e. The summed E-state index contributed by atoms with van der Waals surface area (Å²) in [5, 5.41) is 22.3. The van der Waals surface area contributed by atoms with Crippen LogP contribution in [0.3, 0.4) is 0 Å². The molecule has 0 amide bonds. The smallest absolute Gasteiger partial charge is 0.423 e. The Balaban J connectivity index is 2.25. The van der Waals surface area contributed by atoms with Gasteiger partial charge in [-0.25, -0.2) is 0 Å². The van der Waals surface area contributed by atoms with Crippen LogP contribution in [0.1, 0.15) is 27.7 Å². The molecule has 0 fully saturated rings. The van der Waals surface area contributed by atoms with Crippen molar-refractivity contribution in [3.63, 3.8) is 0 Å². The van der Waals surface area contributed by atoms with E-state index in [4.69, 9.17) is 4.65 Å². The summed E-state index contributed by atoms with van der Waals surface area (Å²) in [7, 11) is -1.09. The molecule has 0 unspecified atom stereocenters. The second kappa shape index (κ2) is 5.16. The number of benzene rings is 1. The second-order valence-corrected chi connectivity index (χ2v) is 6.02. The van der Waals surface area contributed by atoms with Crippen LogP contribution in [0.4, 0.5) is 0 Å². The van der Waals surface area contributed by atoms with Crippen LogP contribution in [0.25, 0.3) is 10.8 Å². The highest BCUT2D eigenvalue weighted by Gasteiger charge is 2.39. The lowest BCUT2D eigenvalue weighted by molar-refractivity contribution is -0.0982. The van der Waals surface area contributed by atoms with Gasteiger partial charge in [0.15, 0.2) is 0 Å². The van der Waals surface area contributed by atoms with Gasteiger partial charge in [0.25, 0.3) is 0 Å². The first-order valence-electron chi connectivity index (χ1n) is 6.63. The molecule has 106 valence electrons. The molecule has 0 radical (unpaired) electrons. The minimum absolute atomic E-state index is 0.654. The standard InChI is InChI=1S/C15H20BNO3/c1-14(2,18)15(3,4)20-16(19)13-6-5-12-10-17-8-7-11(12)9-13/h5-10,18-19H,1-4H3. The molecule has 0 spiro atoms. The zero-order valence-electron chi connectivity index (χ0n) is 12.3. The van der Waals surface area contributed by atoms with Gasteiger partial charge < -0.3 is 14.8 Å². The molecule has 0 aliphatic heterocycles. The summed E-state index contributed by atoms with van der Waals surface area (Å²) in [5.41, 5.74) is -1.28. The molecule has 2 aromatic rings. The van der Waals surface area contributed by atoms with Crippen LogP contribution in [0, 0.1) is 0 Å². The van der Waals surface area contributed by atoms with Crippen molar-refractivity contribution < 1.29 is 14.8 Å². The molecule has 0 aliphatic rings. The van der Waals surface area contributed by atoms with Crippen LogP contribution < -0.4 is 5.46 Å². The van der Waals surface area contributed by atoms with Gasteiger partial charge in [0.1, 0.15) is 0 Å². The lowest BCUT2D eigenvalue weighted by Crippen LogP contribution is -2.53. The minimum atomic E-state index is -1.09. The highest BCUT2D eigenvalue weighted by atomic mass is 16.5. The summed E-state index contributed by atoms with van der Waals surface area (Å²) in [5.74, 6) is 0.